The van der Waals surface area contributed by atoms with Crippen molar-refractivity contribution < 1.29 is 34.1 Å². The van der Waals surface area contributed by atoms with Gasteiger partial charge in [-0.2, -0.15) is 66.1 Å². The molecule has 0 N–H and O–H groups in total. The van der Waals surface area contributed by atoms with Crippen LogP contribution in [-0.4, -0.2) is 0 Å². The van der Waals surface area contributed by atoms with Crippen LogP contribution in [-0.2, 0) is 34.1 Å². The van der Waals surface area contributed by atoms with Crippen LogP contribution in [0.5, 0.6) is 0 Å². The van der Waals surface area contributed by atoms with Gasteiger partial charge >= 0.3 is 0 Å². The van der Waals surface area contributed by atoms with Gasteiger partial charge in [0.15, 0.2) is 0 Å². The van der Waals surface area contributed by atoms with E-state index in [1.807, 2.05) is 158 Å². The van der Waals surface area contributed by atoms with Gasteiger partial charge in [0.2, 0.25) is 0 Å². The van der Waals surface area contributed by atoms with Crippen molar-refractivity contribution in [2.45, 2.75) is 0 Å². The van der Waals surface area contributed by atoms with E-state index in [1.165, 1.54) is 0 Å². The van der Waals surface area contributed by atoms with E-state index in [2.05, 4.69) is 55.5 Å². The van der Waals surface area contributed by atoms with Crippen molar-refractivity contribution in [2.24, 2.45) is 0 Å². The summed E-state index contributed by atoms with van der Waals surface area (Å²) in [7, 11) is 0. The zero-order chi connectivity index (χ0) is 26.7. The molecule has 0 spiro atoms. The fourth-order valence-corrected chi connectivity index (χ4v) is 3.44. The SMILES string of the molecule is Brc1ccc(C#C[c-]2cccc2)cc1.Brc1ccc(C#C[c-]2cccc2)cc1.[Fe].[Fe].[cH-]1[cH-][cH-][cH-][cH-]1.c1cc[cH-]c1. The monoisotopic (exact) mass is 728 g/mol. The van der Waals surface area contributed by atoms with Crippen LogP contribution < -0.4 is 0 Å². The van der Waals surface area contributed by atoms with Gasteiger partial charge in [0.25, 0.3) is 0 Å². The fraction of sp³-hybridized carbons (Fsp3) is 0. The molecule has 0 nitrogen and oxygen atoms in total. The average Bonchev–Trinajstić information content (AvgIpc) is 3.78. The Labute approximate surface area is 276 Å². The van der Waals surface area contributed by atoms with Crippen molar-refractivity contribution >= 4 is 31.9 Å². The van der Waals surface area contributed by atoms with E-state index in [9.17, 15) is 0 Å². The summed E-state index contributed by atoms with van der Waals surface area (Å²) in [6, 6.07) is 52.0. The average molecular weight is 730 g/mol. The molecule has 6 rings (SSSR count). The summed E-state index contributed by atoms with van der Waals surface area (Å²) in [4.78, 5) is 0. The molecule has 0 aliphatic rings. The maximum absolute atomic E-state index is 3.39. The van der Waals surface area contributed by atoms with Gasteiger partial charge < -0.3 is 30.3 Å². The Morgan fingerprint density at radius 2 is 0.800 bits per heavy atom. The summed E-state index contributed by atoms with van der Waals surface area (Å²) in [6.07, 6.45) is 0. The second kappa shape index (κ2) is 21.7. The Bertz CT molecular complexity index is 1330. The summed E-state index contributed by atoms with van der Waals surface area (Å²) >= 11 is 6.77. The third-order valence-electron chi connectivity index (χ3n) is 4.83. The van der Waals surface area contributed by atoms with Crippen LogP contribution >= 0.6 is 31.9 Å². The van der Waals surface area contributed by atoms with Gasteiger partial charge in [-0.15, -0.1) is 24.3 Å². The standard InChI is InChI=1S/2C13H8Br.2C5H5.2Fe/c2*14-13-9-7-12(8-10-13)6-5-11-3-1-2-4-11;2*1-2-4-5-3-1;;/h2*1-4,7-10H;2*1-5H;;/q2*-1;-5;-1;;. The van der Waals surface area contributed by atoms with Gasteiger partial charge in [0, 0.05) is 43.1 Å². The van der Waals surface area contributed by atoms with E-state index in [1.54, 1.807) is 0 Å². The molecule has 6 aromatic carbocycles. The largest absolute Gasteiger partial charge is 0.748 e. The van der Waals surface area contributed by atoms with E-state index < -0.39 is 0 Å². The minimum absolute atomic E-state index is 0. The topological polar surface area (TPSA) is 0 Å². The van der Waals surface area contributed by atoms with Crippen LogP contribution in [0.2, 0.25) is 0 Å². The molecule has 208 valence electrons. The van der Waals surface area contributed by atoms with Gasteiger partial charge in [0.05, 0.1) is 0 Å². The van der Waals surface area contributed by atoms with Crippen molar-refractivity contribution in [2.75, 3.05) is 0 Å². The smallest absolute Gasteiger partial charge is 0.0175 e. The van der Waals surface area contributed by atoms with Crippen molar-refractivity contribution in [1.82, 2.24) is 0 Å². The maximum atomic E-state index is 3.39. The minimum atomic E-state index is 0. The first-order valence-electron chi connectivity index (χ1n) is 12.0. The third-order valence-corrected chi connectivity index (χ3v) is 5.88. The van der Waals surface area contributed by atoms with E-state index in [-0.39, 0.29) is 34.1 Å². The molecule has 0 heterocycles. The van der Waals surface area contributed by atoms with Crippen molar-refractivity contribution in [3.63, 3.8) is 0 Å². The van der Waals surface area contributed by atoms with Gasteiger partial charge in [-0.3, -0.25) is 0 Å². The van der Waals surface area contributed by atoms with Crippen molar-refractivity contribution in [1.29, 1.82) is 0 Å². The van der Waals surface area contributed by atoms with Crippen LogP contribution in [0.25, 0.3) is 0 Å². The summed E-state index contributed by atoms with van der Waals surface area (Å²) in [5.41, 5.74) is 4.20. The Hall–Kier alpha value is -3.04. The summed E-state index contributed by atoms with van der Waals surface area (Å²) in [5.74, 6) is 12.4. The molecule has 0 radical (unpaired) electrons. The molecular weight excluding hydrogens is 704 g/mol. The summed E-state index contributed by atoms with van der Waals surface area (Å²) < 4.78 is 2.16. The minimum Gasteiger partial charge on any atom is -0.748 e. The van der Waals surface area contributed by atoms with Gasteiger partial charge in [0.1, 0.15) is 0 Å². The first-order chi connectivity index (χ1) is 18.7. The zero-order valence-electron chi connectivity index (χ0n) is 21.5. The molecule has 4 heteroatoms. The van der Waals surface area contributed by atoms with Crippen LogP contribution in [0.4, 0.5) is 0 Å². The van der Waals surface area contributed by atoms with Crippen LogP contribution in [0.1, 0.15) is 22.3 Å². The first kappa shape index (κ1) is 35.0. The molecule has 0 bridgehead atoms. The number of hydrogen-bond donors (Lipinski definition) is 0. The molecule has 0 fully saturated rings. The predicted molar refractivity (Wildman–Crippen MR) is 168 cm³/mol. The number of rotatable bonds is 0. The molecule has 0 amide bonds. The van der Waals surface area contributed by atoms with E-state index in [4.69, 9.17) is 0 Å². The van der Waals surface area contributed by atoms with E-state index in [0.29, 0.717) is 0 Å². The van der Waals surface area contributed by atoms with Crippen LogP contribution in [0.15, 0.2) is 167 Å². The number of halogens is 2. The number of hydrogen-bond acceptors (Lipinski definition) is 0. The molecule has 40 heavy (non-hydrogen) atoms. The maximum Gasteiger partial charge on any atom is 0.0175 e. The molecule has 0 atom stereocenters. The Morgan fingerprint density at radius 1 is 0.475 bits per heavy atom. The second-order valence-corrected chi connectivity index (χ2v) is 9.62. The molecule has 0 saturated heterocycles. The zero-order valence-corrected chi connectivity index (χ0v) is 26.9. The Morgan fingerprint density at radius 3 is 1.07 bits per heavy atom. The van der Waals surface area contributed by atoms with Gasteiger partial charge in [-0.05, 0) is 35.4 Å². The summed E-state index contributed by atoms with van der Waals surface area (Å²) in [6.45, 7) is 0. The first-order valence-corrected chi connectivity index (χ1v) is 13.6. The molecule has 0 aliphatic carbocycles. The second-order valence-electron chi connectivity index (χ2n) is 7.79. The van der Waals surface area contributed by atoms with E-state index in [0.717, 1.165) is 31.2 Å². The molecule has 0 saturated carbocycles. The quantitative estimate of drug-likeness (QED) is 0.0830. The molecule has 0 aliphatic heterocycles. The molecular formula is C36H26Br2Fe2-8. The number of benzene rings is 2. The van der Waals surface area contributed by atoms with Crippen molar-refractivity contribution in [3.05, 3.63) is 189 Å². The van der Waals surface area contributed by atoms with Crippen LogP contribution in [0.3, 0.4) is 0 Å². The molecule has 0 unspecified atom stereocenters. The van der Waals surface area contributed by atoms with E-state index >= 15 is 0 Å². The fourth-order valence-electron chi connectivity index (χ4n) is 2.91. The van der Waals surface area contributed by atoms with Gasteiger partial charge in [-0.1, -0.05) is 67.3 Å². The molecule has 0 aromatic heterocycles. The Kier molecular flexibility index (Phi) is 19.0. The van der Waals surface area contributed by atoms with Gasteiger partial charge in [-0.25, -0.2) is 12.1 Å². The van der Waals surface area contributed by atoms with Crippen LogP contribution in [0, 0.1) is 23.7 Å². The summed E-state index contributed by atoms with van der Waals surface area (Å²) in [5, 5.41) is 0. The molecule has 6 aromatic rings. The Balaban J connectivity index is 0.000000288. The third kappa shape index (κ3) is 15.5. The normalized spacial score (nSPS) is 8.45. The predicted octanol–water partition coefficient (Wildman–Crippen LogP) is 9.94. The van der Waals surface area contributed by atoms with Crippen molar-refractivity contribution in [3.8, 4) is 23.7 Å².